The van der Waals surface area contributed by atoms with Gasteiger partial charge in [0.15, 0.2) is 0 Å². The zero-order valence-electron chi connectivity index (χ0n) is 25.4. The Bertz CT molecular complexity index is 1260. The van der Waals surface area contributed by atoms with Gasteiger partial charge in [0.2, 0.25) is 0 Å². The van der Waals surface area contributed by atoms with Gasteiger partial charge in [0.1, 0.15) is 17.6 Å². The van der Waals surface area contributed by atoms with E-state index in [4.69, 9.17) is 21.7 Å². The number of carboxylic acid groups (broad SMARTS) is 1. The molecule has 7 nitrogen and oxygen atoms in total. The second-order valence-electron chi connectivity index (χ2n) is 12.9. The predicted molar refractivity (Wildman–Crippen MR) is 168 cm³/mol. The third kappa shape index (κ3) is 7.42. The Morgan fingerprint density at radius 1 is 1.12 bits per heavy atom. The Balaban J connectivity index is 1.69. The van der Waals surface area contributed by atoms with Crippen LogP contribution in [0.1, 0.15) is 114 Å². The number of carboxylic acids is 1. The van der Waals surface area contributed by atoms with Crippen LogP contribution in [0.25, 0.3) is 0 Å². The van der Waals surface area contributed by atoms with Crippen molar-refractivity contribution in [1.29, 1.82) is 0 Å². The van der Waals surface area contributed by atoms with Crippen LogP contribution in [0.5, 0.6) is 0 Å². The van der Waals surface area contributed by atoms with Crippen LogP contribution in [0.15, 0.2) is 53.5 Å². The van der Waals surface area contributed by atoms with Gasteiger partial charge >= 0.3 is 5.97 Å². The minimum atomic E-state index is -0.970. The average Bonchev–Trinajstić information content (AvgIpc) is 3.21. The smallest absolute Gasteiger partial charge is 0.304 e. The molecule has 2 atom stereocenters. The summed E-state index contributed by atoms with van der Waals surface area (Å²) in [6.07, 6.45) is 6.57. The number of aliphatic carboxylic acids is 1. The lowest BCUT2D eigenvalue weighted by Crippen LogP contribution is -2.51. The van der Waals surface area contributed by atoms with E-state index in [1.165, 1.54) is 0 Å². The van der Waals surface area contributed by atoms with Crippen LogP contribution in [0.3, 0.4) is 0 Å². The molecule has 2 unspecified atom stereocenters. The fraction of sp³-hybridized carbons (Fsp3) is 0.559. The second kappa shape index (κ2) is 13.7. The summed E-state index contributed by atoms with van der Waals surface area (Å²) in [5.74, 6) is -0.397. The highest BCUT2D eigenvalue weighted by atomic mass is 35.5. The summed E-state index contributed by atoms with van der Waals surface area (Å²) < 4.78 is 0. The molecule has 4 rings (SSSR count). The first-order chi connectivity index (χ1) is 19.9. The predicted octanol–water partition coefficient (Wildman–Crippen LogP) is 7.28. The quantitative estimate of drug-likeness (QED) is 0.177. The van der Waals surface area contributed by atoms with Crippen LogP contribution in [0.2, 0.25) is 5.02 Å². The van der Waals surface area contributed by atoms with Gasteiger partial charge in [0.25, 0.3) is 5.91 Å². The van der Waals surface area contributed by atoms with E-state index in [0.717, 1.165) is 62.5 Å². The van der Waals surface area contributed by atoms with E-state index in [-0.39, 0.29) is 30.3 Å². The summed E-state index contributed by atoms with van der Waals surface area (Å²) in [5, 5.41) is 22.9. The largest absolute Gasteiger partial charge is 0.481 e. The van der Waals surface area contributed by atoms with E-state index < -0.39 is 17.9 Å². The molecule has 2 aromatic carbocycles. The molecular formula is C34H46ClN3O4. The summed E-state index contributed by atoms with van der Waals surface area (Å²) in [4.78, 5) is 32.6. The molecule has 0 radical (unpaired) electrons. The molecule has 3 N–H and O–H groups in total. The van der Waals surface area contributed by atoms with Crippen molar-refractivity contribution >= 4 is 29.2 Å². The maximum atomic E-state index is 14.4. The number of nitrogens with zero attached hydrogens (tertiary/aromatic N) is 2. The minimum Gasteiger partial charge on any atom is -0.481 e. The normalized spacial score (nSPS) is 22.3. The van der Waals surface area contributed by atoms with Crippen molar-refractivity contribution in [3.63, 3.8) is 0 Å². The van der Waals surface area contributed by atoms with E-state index in [2.05, 4.69) is 37.9 Å². The molecule has 228 valence electrons. The molecular weight excluding hydrogens is 550 g/mol. The van der Waals surface area contributed by atoms with Crippen molar-refractivity contribution in [3.8, 4) is 0 Å². The van der Waals surface area contributed by atoms with Gasteiger partial charge in [0.05, 0.1) is 12.5 Å². The van der Waals surface area contributed by atoms with Crippen LogP contribution >= 0.6 is 11.6 Å². The van der Waals surface area contributed by atoms with Crippen LogP contribution in [0.4, 0.5) is 0 Å². The zero-order valence-corrected chi connectivity index (χ0v) is 26.2. The molecule has 1 heterocycles. The molecule has 1 saturated carbocycles. The third-order valence-electron chi connectivity index (χ3n) is 9.01. The molecule has 1 aliphatic heterocycles. The number of aliphatic imine (C=N–C) groups is 1. The lowest BCUT2D eigenvalue weighted by atomic mass is 9.69. The first-order valence-corrected chi connectivity index (χ1v) is 15.8. The number of aliphatic hydroxyl groups excluding tert-OH is 1. The van der Waals surface area contributed by atoms with Crippen LogP contribution in [0, 0.1) is 11.3 Å². The van der Waals surface area contributed by atoms with Gasteiger partial charge < -0.3 is 15.1 Å². The molecule has 1 aliphatic carbocycles. The fourth-order valence-corrected chi connectivity index (χ4v) is 6.72. The maximum Gasteiger partial charge on any atom is 0.304 e. The van der Waals surface area contributed by atoms with Crippen LogP contribution < -0.4 is 5.32 Å². The Hall–Kier alpha value is -2.74. The summed E-state index contributed by atoms with van der Waals surface area (Å²) in [7, 11) is 0. The topological polar surface area (TPSA) is 102 Å². The van der Waals surface area contributed by atoms with Crippen molar-refractivity contribution in [3.05, 3.63) is 70.2 Å². The Morgan fingerprint density at radius 2 is 1.79 bits per heavy atom. The minimum absolute atomic E-state index is 0.0487. The molecule has 1 spiro atoms. The molecule has 0 saturated heterocycles. The van der Waals surface area contributed by atoms with Crippen LogP contribution in [-0.4, -0.2) is 44.9 Å². The number of amides is 1. The summed E-state index contributed by atoms with van der Waals surface area (Å²) in [6.45, 7) is 9.25. The molecule has 0 aromatic heterocycles. The number of nitrogens with one attached hydrogen (secondary N) is 1. The number of benzene rings is 2. The molecule has 2 aliphatic rings. The van der Waals surface area contributed by atoms with Gasteiger partial charge in [-0.25, -0.2) is 0 Å². The summed E-state index contributed by atoms with van der Waals surface area (Å²) >= 11 is 6.35. The van der Waals surface area contributed by atoms with E-state index in [9.17, 15) is 14.7 Å². The first-order valence-electron chi connectivity index (χ1n) is 15.4. The van der Waals surface area contributed by atoms with Crippen molar-refractivity contribution in [2.45, 2.75) is 103 Å². The molecule has 1 amide bonds. The van der Waals surface area contributed by atoms with Gasteiger partial charge in [-0.3, -0.25) is 19.9 Å². The van der Waals surface area contributed by atoms with Gasteiger partial charge in [-0.2, -0.15) is 0 Å². The lowest BCUT2D eigenvalue weighted by molar-refractivity contribution is -0.137. The maximum absolute atomic E-state index is 14.4. The highest BCUT2D eigenvalue weighted by Crippen LogP contribution is 2.50. The van der Waals surface area contributed by atoms with E-state index in [1.807, 2.05) is 48.5 Å². The van der Waals surface area contributed by atoms with Crippen molar-refractivity contribution < 1.29 is 19.8 Å². The second-order valence-corrected chi connectivity index (χ2v) is 13.4. The molecule has 8 heteroatoms. The molecule has 0 bridgehead atoms. The number of halogens is 1. The Labute approximate surface area is 255 Å². The monoisotopic (exact) mass is 595 g/mol. The molecule has 2 aromatic rings. The molecule has 1 fully saturated rings. The van der Waals surface area contributed by atoms with Crippen molar-refractivity contribution in [1.82, 2.24) is 10.2 Å². The Morgan fingerprint density at radius 3 is 2.38 bits per heavy atom. The number of rotatable bonds is 12. The van der Waals surface area contributed by atoms with Gasteiger partial charge in [-0.05, 0) is 66.7 Å². The third-order valence-corrected chi connectivity index (χ3v) is 9.24. The number of carbonyl (C=O) groups is 2. The van der Waals surface area contributed by atoms with E-state index in [0.29, 0.717) is 22.2 Å². The van der Waals surface area contributed by atoms with E-state index in [1.54, 1.807) is 0 Å². The van der Waals surface area contributed by atoms with Crippen molar-refractivity contribution in [2.24, 2.45) is 16.3 Å². The Kier molecular flexibility index (Phi) is 10.5. The number of carbonyl (C=O) groups excluding carboxylic acids is 1. The highest BCUT2D eigenvalue weighted by molar-refractivity contribution is 6.47. The zero-order chi connectivity index (χ0) is 30.5. The fourth-order valence-electron chi connectivity index (χ4n) is 6.53. The van der Waals surface area contributed by atoms with Gasteiger partial charge in [-0.15, -0.1) is 0 Å². The number of hydrogen-bond donors (Lipinski definition) is 3. The average molecular weight is 596 g/mol. The summed E-state index contributed by atoms with van der Waals surface area (Å²) in [5.41, 5.74) is 2.50. The standard InChI is InChI=1S/C34H46ClN3O4/c1-5-6-7-11-28(23-12-14-24(15-13-23)31(41)36-21-18-29(39)40)38-32(42)30(25-9-8-10-27(35)22-25)37-34(38)19-16-26(17-20-34)33(2,3)4/h8-10,12-15,22,26,28,31,36,41H,5-7,11,16-21H2,1-4H3,(H,39,40). The van der Waals surface area contributed by atoms with Crippen LogP contribution in [-0.2, 0) is 9.59 Å². The SMILES string of the molecule is CCCCCC(c1ccc(C(O)NCCC(=O)O)cc1)N1C(=O)C(c2cccc(Cl)c2)=NC12CCC(C(C)(C)C)CC2. The number of aliphatic hydroxyl groups is 1. The van der Waals surface area contributed by atoms with Gasteiger partial charge in [-0.1, -0.05) is 95.0 Å². The number of hydrogen-bond acceptors (Lipinski definition) is 5. The van der Waals surface area contributed by atoms with Gasteiger partial charge in [0, 0.05) is 17.1 Å². The highest BCUT2D eigenvalue weighted by Gasteiger charge is 2.52. The molecule has 42 heavy (non-hydrogen) atoms. The number of unbranched alkanes of at least 4 members (excludes halogenated alkanes) is 2. The van der Waals surface area contributed by atoms with E-state index >= 15 is 0 Å². The first kappa shape index (κ1) is 32.2. The van der Waals surface area contributed by atoms with Crippen molar-refractivity contribution in [2.75, 3.05) is 6.54 Å². The lowest BCUT2D eigenvalue weighted by Gasteiger charge is -2.47. The summed E-state index contributed by atoms with van der Waals surface area (Å²) in [6, 6.07) is 15.0.